The van der Waals surface area contributed by atoms with Crippen LogP contribution in [0.2, 0.25) is 0 Å². The van der Waals surface area contributed by atoms with E-state index < -0.39 is 0 Å². The summed E-state index contributed by atoms with van der Waals surface area (Å²) in [6.45, 7) is 3.87. The normalized spacial score (nSPS) is 9.69. The molecule has 13 heavy (non-hydrogen) atoms. The Morgan fingerprint density at radius 3 is 2.85 bits per heavy atom. The van der Waals surface area contributed by atoms with Crippen molar-refractivity contribution in [1.29, 1.82) is 0 Å². The van der Waals surface area contributed by atoms with Gasteiger partial charge in [0.15, 0.2) is 0 Å². The highest BCUT2D eigenvalue weighted by Crippen LogP contribution is 2.29. The first-order chi connectivity index (χ1) is 6.19. The van der Waals surface area contributed by atoms with Gasteiger partial charge >= 0.3 is 0 Å². The SMILES string of the molecule is C=C(CBr)c1ccc(O)cc1OC. The van der Waals surface area contributed by atoms with Crippen molar-refractivity contribution in [3.63, 3.8) is 0 Å². The second-order valence-electron chi connectivity index (χ2n) is 2.62. The Balaban J connectivity index is 3.13. The molecule has 1 rings (SSSR count). The third kappa shape index (κ3) is 2.25. The van der Waals surface area contributed by atoms with E-state index in [1.807, 2.05) is 0 Å². The van der Waals surface area contributed by atoms with Crippen molar-refractivity contribution < 1.29 is 9.84 Å². The van der Waals surface area contributed by atoms with Crippen molar-refractivity contribution in [2.75, 3.05) is 12.4 Å². The lowest BCUT2D eigenvalue weighted by Crippen LogP contribution is -1.91. The number of hydrogen-bond acceptors (Lipinski definition) is 2. The van der Waals surface area contributed by atoms with Crippen molar-refractivity contribution in [1.82, 2.24) is 0 Å². The van der Waals surface area contributed by atoms with Crippen LogP contribution in [0.3, 0.4) is 0 Å². The minimum Gasteiger partial charge on any atom is -0.508 e. The number of ether oxygens (including phenoxy) is 1. The van der Waals surface area contributed by atoms with Gasteiger partial charge in [0.1, 0.15) is 11.5 Å². The molecule has 2 nitrogen and oxygen atoms in total. The number of rotatable bonds is 3. The van der Waals surface area contributed by atoms with Gasteiger partial charge in [-0.05, 0) is 17.7 Å². The smallest absolute Gasteiger partial charge is 0.130 e. The molecule has 0 radical (unpaired) electrons. The van der Waals surface area contributed by atoms with Crippen molar-refractivity contribution in [3.8, 4) is 11.5 Å². The van der Waals surface area contributed by atoms with E-state index in [1.165, 1.54) is 0 Å². The van der Waals surface area contributed by atoms with Crippen LogP contribution in [-0.4, -0.2) is 17.5 Å². The van der Waals surface area contributed by atoms with Crippen LogP contribution in [-0.2, 0) is 0 Å². The first-order valence-electron chi connectivity index (χ1n) is 3.80. The molecule has 0 heterocycles. The fourth-order valence-corrected chi connectivity index (χ4v) is 1.35. The van der Waals surface area contributed by atoms with Crippen LogP contribution in [0, 0.1) is 0 Å². The van der Waals surface area contributed by atoms with Gasteiger partial charge in [0, 0.05) is 17.0 Å². The van der Waals surface area contributed by atoms with Crippen molar-refractivity contribution >= 4 is 21.5 Å². The zero-order valence-electron chi connectivity index (χ0n) is 7.38. The summed E-state index contributed by atoms with van der Waals surface area (Å²) in [5.41, 5.74) is 1.84. The predicted octanol–water partition coefficient (Wildman–Crippen LogP) is 2.81. The quantitative estimate of drug-likeness (QED) is 0.827. The maximum atomic E-state index is 9.20. The van der Waals surface area contributed by atoms with Crippen LogP contribution in [0.5, 0.6) is 11.5 Å². The minimum absolute atomic E-state index is 0.197. The molecule has 0 unspecified atom stereocenters. The number of methoxy groups -OCH3 is 1. The number of alkyl halides is 1. The summed E-state index contributed by atoms with van der Waals surface area (Å²) in [5.74, 6) is 0.840. The topological polar surface area (TPSA) is 29.5 Å². The highest BCUT2D eigenvalue weighted by atomic mass is 79.9. The first-order valence-corrected chi connectivity index (χ1v) is 4.92. The molecule has 1 aromatic rings. The number of allylic oxidation sites excluding steroid dienone is 1. The Morgan fingerprint density at radius 1 is 1.62 bits per heavy atom. The van der Waals surface area contributed by atoms with Gasteiger partial charge in [-0.25, -0.2) is 0 Å². The average molecular weight is 243 g/mol. The van der Waals surface area contributed by atoms with Crippen LogP contribution in [0.1, 0.15) is 5.56 Å². The molecule has 70 valence electrons. The van der Waals surface area contributed by atoms with Crippen LogP contribution < -0.4 is 4.74 Å². The second-order valence-corrected chi connectivity index (χ2v) is 3.18. The van der Waals surface area contributed by atoms with E-state index in [2.05, 4.69) is 22.5 Å². The molecule has 1 aromatic carbocycles. The third-order valence-corrected chi connectivity index (χ3v) is 2.40. The number of hydrogen-bond donors (Lipinski definition) is 1. The van der Waals surface area contributed by atoms with Crippen molar-refractivity contribution in [2.24, 2.45) is 0 Å². The molecule has 0 bridgehead atoms. The van der Waals surface area contributed by atoms with E-state index in [-0.39, 0.29) is 5.75 Å². The molecule has 0 fully saturated rings. The zero-order valence-corrected chi connectivity index (χ0v) is 8.97. The lowest BCUT2D eigenvalue weighted by Gasteiger charge is -2.09. The number of phenols is 1. The molecule has 0 aliphatic carbocycles. The molecule has 0 aliphatic heterocycles. The number of aromatic hydroxyl groups is 1. The second kappa shape index (κ2) is 4.33. The molecule has 0 aliphatic rings. The van der Waals surface area contributed by atoms with E-state index in [4.69, 9.17) is 4.74 Å². The molecule has 0 aromatic heterocycles. The molecule has 0 atom stereocenters. The van der Waals surface area contributed by atoms with Gasteiger partial charge in [-0.15, -0.1) is 0 Å². The van der Waals surface area contributed by atoms with Crippen LogP contribution >= 0.6 is 15.9 Å². The summed E-state index contributed by atoms with van der Waals surface area (Å²) in [6.07, 6.45) is 0. The van der Waals surface area contributed by atoms with Gasteiger partial charge in [0.2, 0.25) is 0 Å². The average Bonchev–Trinajstić information content (AvgIpc) is 2.16. The Bertz CT molecular complexity index is 321. The van der Waals surface area contributed by atoms with Gasteiger partial charge in [0.25, 0.3) is 0 Å². The van der Waals surface area contributed by atoms with E-state index in [9.17, 15) is 5.11 Å². The molecule has 0 saturated heterocycles. The lowest BCUT2D eigenvalue weighted by molar-refractivity contribution is 0.406. The zero-order chi connectivity index (χ0) is 9.84. The van der Waals surface area contributed by atoms with Gasteiger partial charge in [0.05, 0.1) is 7.11 Å². The van der Waals surface area contributed by atoms with Crippen LogP contribution in [0.15, 0.2) is 24.8 Å². The summed E-state index contributed by atoms with van der Waals surface area (Å²) in [4.78, 5) is 0. The standard InChI is InChI=1S/C10H11BrO2/c1-7(6-11)9-4-3-8(12)5-10(9)13-2/h3-5,12H,1,6H2,2H3. The van der Waals surface area contributed by atoms with Crippen LogP contribution in [0.25, 0.3) is 5.57 Å². The summed E-state index contributed by atoms with van der Waals surface area (Å²) >= 11 is 3.32. The summed E-state index contributed by atoms with van der Waals surface area (Å²) in [7, 11) is 1.57. The van der Waals surface area contributed by atoms with E-state index in [0.29, 0.717) is 11.1 Å². The van der Waals surface area contributed by atoms with E-state index in [1.54, 1.807) is 25.3 Å². The number of halogens is 1. The predicted molar refractivity (Wildman–Crippen MR) is 57.5 cm³/mol. The third-order valence-electron chi connectivity index (χ3n) is 1.73. The van der Waals surface area contributed by atoms with E-state index >= 15 is 0 Å². The Morgan fingerprint density at radius 2 is 2.31 bits per heavy atom. The monoisotopic (exact) mass is 242 g/mol. The van der Waals surface area contributed by atoms with Crippen LogP contribution in [0.4, 0.5) is 0 Å². The minimum atomic E-state index is 0.197. The molecular formula is C10H11BrO2. The molecule has 0 spiro atoms. The molecule has 1 N–H and O–H groups in total. The fraction of sp³-hybridized carbons (Fsp3) is 0.200. The summed E-state index contributed by atoms with van der Waals surface area (Å²) < 4.78 is 5.11. The maximum absolute atomic E-state index is 9.20. The highest BCUT2D eigenvalue weighted by molar-refractivity contribution is 9.09. The maximum Gasteiger partial charge on any atom is 0.130 e. The Hall–Kier alpha value is -0.960. The molecule has 0 saturated carbocycles. The van der Waals surface area contributed by atoms with Crippen molar-refractivity contribution in [3.05, 3.63) is 30.3 Å². The summed E-state index contributed by atoms with van der Waals surface area (Å²) in [6, 6.07) is 4.98. The van der Waals surface area contributed by atoms with Gasteiger partial charge in [-0.1, -0.05) is 22.5 Å². The molecule has 3 heteroatoms. The van der Waals surface area contributed by atoms with Gasteiger partial charge < -0.3 is 9.84 Å². The first kappa shape index (κ1) is 10.1. The molecular weight excluding hydrogens is 232 g/mol. The van der Waals surface area contributed by atoms with Crippen molar-refractivity contribution in [2.45, 2.75) is 0 Å². The number of phenolic OH excluding ortho intramolecular Hbond substituents is 1. The van der Waals surface area contributed by atoms with Gasteiger partial charge in [-0.2, -0.15) is 0 Å². The van der Waals surface area contributed by atoms with E-state index in [0.717, 1.165) is 11.1 Å². The molecule has 0 amide bonds. The largest absolute Gasteiger partial charge is 0.508 e. The number of benzene rings is 1. The fourth-order valence-electron chi connectivity index (χ4n) is 1.04. The van der Waals surface area contributed by atoms with Gasteiger partial charge in [-0.3, -0.25) is 0 Å². The Kier molecular flexibility index (Phi) is 3.37. The lowest BCUT2D eigenvalue weighted by atomic mass is 10.1. The summed E-state index contributed by atoms with van der Waals surface area (Å²) in [5, 5.41) is 9.89. The highest BCUT2D eigenvalue weighted by Gasteiger charge is 2.05. The Labute approximate surface area is 86.0 Å².